The van der Waals surface area contributed by atoms with Gasteiger partial charge >= 0.3 is 12.0 Å². The van der Waals surface area contributed by atoms with E-state index in [1.54, 1.807) is 23.2 Å². The van der Waals surface area contributed by atoms with Gasteiger partial charge in [0.15, 0.2) is 0 Å². The summed E-state index contributed by atoms with van der Waals surface area (Å²) in [7, 11) is 0. The Kier molecular flexibility index (Phi) is 4.27. The average molecular weight is 297 g/mol. The van der Waals surface area contributed by atoms with Crippen molar-refractivity contribution in [2.24, 2.45) is 5.41 Å². The Morgan fingerprint density at radius 1 is 1.60 bits per heavy atom. The summed E-state index contributed by atoms with van der Waals surface area (Å²) in [5.74, 6) is -0.847. The normalized spacial score (nSPS) is 22.0. The molecular formula is C13H19N3O3S. The largest absolute Gasteiger partial charge is 0.481 e. The third-order valence-electron chi connectivity index (χ3n) is 3.60. The number of amides is 2. The van der Waals surface area contributed by atoms with Crippen LogP contribution in [0.15, 0.2) is 5.38 Å². The van der Waals surface area contributed by atoms with Crippen molar-refractivity contribution in [2.45, 2.75) is 33.2 Å². The van der Waals surface area contributed by atoms with Crippen LogP contribution in [0, 0.1) is 5.41 Å². The first-order valence-corrected chi connectivity index (χ1v) is 7.52. The van der Waals surface area contributed by atoms with Gasteiger partial charge in [-0.1, -0.05) is 6.92 Å². The Morgan fingerprint density at radius 2 is 2.35 bits per heavy atom. The lowest BCUT2D eigenvalue weighted by atomic mass is 9.90. The highest BCUT2D eigenvalue weighted by Gasteiger charge is 2.42. The predicted octanol–water partition coefficient (Wildman–Crippen LogP) is 1.71. The van der Waals surface area contributed by atoms with E-state index in [0.717, 1.165) is 17.1 Å². The molecule has 2 rings (SSSR count). The standard InChI is InChI=1S/C13H19N3O3S/c1-3-10-15-9(7-20-10)6-14-12(19)16-5-4-13(2,8-16)11(17)18/h7H,3-6,8H2,1-2H3,(H,14,19)(H,17,18). The number of likely N-dealkylation sites (tertiary alicyclic amines) is 1. The zero-order valence-electron chi connectivity index (χ0n) is 11.7. The van der Waals surface area contributed by atoms with Crippen LogP contribution in [-0.4, -0.2) is 40.1 Å². The number of carbonyl (C=O) groups is 2. The molecule has 1 unspecified atom stereocenters. The van der Waals surface area contributed by atoms with Crippen molar-refractivity contribution in [3.05, 3.63) is 16.1 Å². The highest BCUT2D eigenvalue weighted by atomic mass is 32.1. The minimum atomic E-state index is -0.847. The van der Waals surface area contributed by atoms with E-state index in [-0.39, 0.29) is 12.6 Å². The van der Waals surface area contributed by atoms with Gasteiger partial charge in [0.25, 0.3) is 0 Å². The van der Waals surface area contributed by atoms with Crippen molar-refractivity contribution in [2.75, 3.05) is 13.1 Å². The molecule has 6 nitrogen and oxygen atoms in total. The fourth-order valence-electron chi connectivity index (χ4n) is 2.18. The minimum absolute atomic E-state index is 0.221. The lowest BCUT2D eigenvalue weighted by Crippen LogP contribution is -2.40. The summed E-state index contributed by atoms with van der Waals surface area (Å²) in [5, 5.41) is 14.9. The number of carbonyl (C=O) groups excluding carboxylic acids is 1. The maximum atomic E-state index is 12.0. The van der Waals surface area contributed by atoms with Crippen LogP contribution in [0.4, 0.5) is 4.79 Å². The molecule has 0 aromatic carbocycles. The molecule has 0 radical (unpaired) electrons. The molecule has 7 heteroatoms. The van der Waals surface area contributed by atoms with Gasteiger partial charge in [0.2, 0.25) is 0 Å². The van der Waals surface area contributed by atoms with E-state index in [0.29, 0.717) is 19.5 Å². The molecule has 2 heterocycles. The van der Waals surface area contributed by atoms with E-state index in [2.05, 4.69) is 10.3 Å². The second-order valence-electron chi connectivity index (χ2n) is 5.28. The number of hydrogen-bond donors (Lipinski definition) is 2. The molecule has 110 valence electrons. The topological polar surface area (TPSA) is 82.5 Å². The molecule has 1 aromatic rings. The number of nitrogens with zero attached hydrogens (tertiary/aromatic N) is 2. The number of aryl methyl sites for hydroxylation is 1. The van der Waals surface area contributed by atoms with E-state index in [1.165, 1.54) is 0 Å². The summed E-state index contributed by atoms with van der Waals surface area (Å²) in [6, 6.07) is -0.221. The van der Waals surface area contributed by atoms with E-state index in [4.69, 9.17) is 5.11 Å². The number of carboxylic acid groups (broad SMARTS) is 1. The molecule has 20 heavy (non-hydrogen) atoms. The molecular weight excluding hydrogens is 278 g/mol. The zero-order valence-corrected chi connectivity index (χ0v) is 12.5. The molecule has 1 saturated heterocycles. The van der Waals surface area contributed by atoms with E-state index >= 15 is 0 Å². The number of rotatable bonds is 4. The van der Waals surface area contributed by atoms with Crippen LogP contribution >= 0.6 is 11.3 Å². The molecule has 2 N–H and O–H groups in total. The van der Waals surface area contributed by atoms with Gasteiger partial charge < -0.3 is 15.3 Å². The molecule has 0 spiro atoms. The Balaban J connectivity index is 1.85. The van der Waals surface area contributed by atoms with Crippen LogP contribution in [0.1, 0.15) is 31.0 Å². The lowest BCUT2D eigenvalue weighted by molar-refractivity contribution is -0.146. The van der Waals surface area contributed by atoms with Gasteiger partial charge in [-0.25, -0.2) is 9.78 Å². The number of aliphatic carboxylic acids is 1. The van der Waals surface area contributed by atoms with Crippen LogP contribution in [0.25, 0.3) is 0 Å². The van der Waals surface area contributed by atoms with E-state index in [1.807, 2.05) is 12.3 Å². The zero-order chi connectivity index (χ0) is 14.8. The van der Waals surface area contributed by atoms with Crippen LogP contribution < -0.4 is 5.32 Å². The SMILES string of the molecule is CCc1nc(CNC(=O)N2CCC(C)(C(=O)O)C2)cs1. The van der Waals surface area contributed by atoms with Gasteiger partial charge in [-0.2, -0.15) is 0 Å². The summed E-state index contributed by atoms with van der Waals surface area (Å²) in [4.78, 5) is 29.1. The molecule has 0 saturated carbocycles. The van der Waals surface area contributed by atoms with E-state index in [9.17, 15) is 9.59 Å². The number of nitrogens with one attached hydrogen (secondary N) is 1. The van der Waals surface area contributed by atoms with Gasteiger partial charge in [0, 0.05) is 18.5 Å². The van der Waals surface area contributed by atoms with E-state index < -0.39 is 11.4 Å². The molecule has 2 amide bonds. The van der Waals surface area contributed by atoms with Gasteiger partial charge in [-0.3, -0.25) is 4.79 Å². The average Bonchev–Trinajstić information content (AvgIpc) is 3.03. The predicted molar refractivity (Wildman–Crippen MR) is 75.7 cm³/mol. The maximum absolute atomic E-state index is 12.0. The van der Waals surface area contributed by atoms with Crippen molar-refractivity contribution in [1.29, 1.82) is 0 Å². The Hall–Kier alpha value is -1.63. The third kappa shape index (κ3) is 3.09. The van der Waals surface area contributed by atoms with Crippen LogP contribution in [0.5, 0.6) is 0 Å². The lowest BCUT2D eigenvalue weighted by Gasteiger charge is -2.20. The smallest absolute Gasteiger partial charge is 0.317 e. The van der Waals surface area contributed by atoms with Crippen molar-refractivity contribution < 1.29 is 14.7 Å². The van der Waals surface area contributed by atoms with Crippen molar-refractivity contribution in [1.82, 2.24) is 15.2 Å². The summed E-state index contributed by atoms with van der Waals surface area (Å²) < 4.78 is 0. The number of hydrogen-bond acceptors (Lipinski definition) is 4. The number of carboxylic acids is 1. The van der Waals surface area contributed by atoms with Crippen LogP contribution in [-0.2, 0) is 17.8 Å². The van der Waals surface area contributed by atoms with Gasteiger partial charge in [0.05, 0.1) is 22.7 Å². The molecule has 1 atom stereocenters. The molecule has 1 fully saturated rings. The Morgan fingerprint density at radius 3 is 2.90 bits per heavy atom. The van der Waals surface area contributed by atoms with Gasteiger partial charge in [-0.05, 0) is 19.8 Å². The van der Waals surface area contributed by atoms with Gasteiger partial charge in [-0.15, -0.1) is 11.3 Å². The summed E-state index contributed by atoms with van der Waals surface area (Å²) in [6.45, 7) is 4.84. The molecule has 0 bridgehead atoms. The molecule has 0 aliphatic carbocycles. The molecule has 1 aliphatic rings. The number of urea groups is 1. The number of aromatic nitrogens is 1. The molecule has 1 aliphatic heterocycles. The van der Waals surface area contributed by atoms with Crippen molar-refractivity contribution in [3.63, 3.8) is 0 Å². The van der Waals surface area contributed by atoms with Crippen LogP contribution in [0.2, 0.25) is 0 Å². The summed E-state index contributed by atoms with van der Waals surface area (Å²) >= 11 is 1.58. The second-order valence-corrected chi connectivity index (χ2v) is 6.22. The highest BCUT2D eigenvalue weighted by molar-refractivity contribution is 7.09. The fourth-order valence-corrected chi connectivity index (χ4v) is 2.92. The van der Waals surface area contributed by atoms with Crippen LogP contribution in [0.3, 0.4) is 0 Å². The molecule has 1 aromatic heterocycles. The highest BCUT2D eigenvalue weighted by Crippen LogP contribution is 2.29. The monoisotopic (exact) mass is 297 g/mol. The quantitative estimate of drug-likeness (QED) is 0.886. The maximum Gasteiger partial charge on any atom is 0.317 e. The summed E-state index contributed by atoms with van der Waals surface area (Å²) in [6.07, 6.45) is 1.38. The third-order valence-corrected chi connectivity index (χ3v) is 4.64. The van der Waals surface area contributed by atoms with Crippen molar-refractivity contribution in [3.8, 4) is 0 Å². The first-order chi connectivity index (χ1) is 9.44. The Labute approximate surface area is 121 Å². The second kappa shape index (κ2) is 5.78. The summed E-state index contributed by atoms with van der Waals surface area (Å²) in [5.41, 5.74) is 0.0215. The minimum Gasteiger partial charge on any atom is -0.481 e. The Bertz CT molecular complexity index is 517. The first kappa shape index (κ1) is 14.8. The number of thiazole rings is 1. The first-order valence-electron chi connectivity index (χ1n) is 6.64. The van der Waals surface area contributed by atoms with Crippen molar-refractivity contribution >= 4 is 23.3 Å². The van der Waals surface area contributed by atoms with Gasteiger partial charge in [0.1, 0.15) is 0 Å². The fraction of sp³-hybridized carbons (Fsp3) is 0.615.